The fraction of sp³-hybridized carbons (Fsp3) is 0.615. The van der Waals surface area contributed by atoms with E-state index in [1.807, 2.05) is 0 Å². The molecule has 104 valence electrons. The summed E-state index contributed by atoms with van der Waals surface area (Å²) in [7, 11) is -3.45. The molecule has 2 saturated carbocycles. The predicted molar refractivity (Wildman–Crippen MR) is 73.4 cm³/mol. The highest BCUT2D eigenvalue weighted by Gasteiger charge is 2.41. The Kier molecular flexibility index (Phi) is 3.53. The highest BCUT2D eigenvalue weighted by Crippen LogP contribution is 2.48. The van der Waals surface area contributed by atoms with E-state index in [4.69, 9.17) is 11.6 Å². The summed E-state index contributed by atoms with van der Waals surface area (Å²) in [4.78, 5) is 4.00. The zero-order valence-corrected chi connectivity index (χ0v) is 12.1. The number of pyridine rings is 1. The minimum atomic E-state index is -3.45. The average molecular weight is 301 g/mol. The van der Waals surface area contributed by atoms with Gasteiger partial charge in [-0.05, 0) is 55.6 Å². The molecule has 1 aromatic heterocycles. The molecule has 0 unspecified atom stereocenters. The van der Waals surface area contributed by atoms with Crippen molar-refractivity contribution in [3.05, 3.63) is 23.5 Å². The van der Waals surface area contributed by atoms with Gasteiger partial charge in [-0.1, -0.05) is 11.6 Å². The molecule has 1 N–H and O–H groups in total. The Bertz CT molecular complexity index is 539. The molecular weight excluding hydrogens is 284 g/mol. The molecule has 0 atom stereocenters. The minimum Gasteiger partial charge on any atom is -0.243 e. The highest BCUT2D eigenvalue weighted by molar-refractivity contribution is 7.89. The number of aromatic nitrogens is 1. The maximum Gasteiger partial charge on any atom is 0.242 e. The molecular formula is C13H17ClN2O2S. The first kappa shape index (κ1) is 13.3. The first-order valence-corrected chi connectivity index (χ1v) is 8.53. The molecule has 0 bridgehead atoms. The number of rotatable bonds is 6. The van der Waals surface area contributed by atoms with Gasteiger partial charge in [-0.25, -0.2) is 18.1 Å². The van der Waals surface area contributed by atoms with Gasteiger partial charge in [0.1, 0.15) is 10.0 Å². The van der Waals surface area contributed by atoms with Crippen LogP contribution >= 0.6 is 11.6 Å². The van der Waals surface area contributed by atoms with Gasteiger partial charge in [0.2, 0.25) is 10.0 Å². The fourth-order valence-electron chi connectivity index (χ4n) is 2.58. The van der Waals surface area contributed by atoms with Crippen LogP contribution < -0.4 is 4.72 Å². The van der Waals surface area contributed by atoms with E-state index in [9.17, 15) is 8.42 Å². The number of nitrogens with one attached hydrogen (secondary N) is 1. The summed E-state index contributed by atoms with van der Waals surface area (Å²) in [5.74, 6) is 1.99. The van der Waals surface area contributed by atoms with Crippen LogP contribution in [0.3, 0.4) is 0 Å². The molecule has 0 saturated heterocycles. The highest BCUT2D eigenvalue weighted by atomic mass is 35.5. The normalized spacial score (nSPS) is 19.9. The minimum absolute atomic E-state index is 0.183. The summed E-state index contributed by atoms with van der Waals surface area (Å²) in [6.45, 7) is 0.556. The number of hydrogen-bond donors (Lipinski definition) is 1. The summed E-state index contributed by atoms with van der Waals surface area (Å²) in [5, 5.41) is 0.299. The number of sulfonamides is 1. The van der Waals surface area contributed by atoms with E-state index >= 15 is 0 Å². The monoisotopic (exact) mass is 300 g/mol. The van der Waals surface area contributed by atoms with E-state index < -0.39 is 10.0 Å². The maximum atomic E-state index is 12.1. The SMILES string of the molecule is O=S(=O)(NCC(C1CC1)C1CC1)c1ccc(Cl)nc1. The summed E-state index contributed by atoms with van der Waals surface area (Å²) >= 11 is 5.66. The lowest BCUT2D eigenvalue weighted by Gasteiger charge is -2.16. The Morgan fingerprint density at radius 2 is 1.89 bits per heavy atom. The molecule has 2 aliphatic carbocycles. The smallest absolute Gasteiger partial charge is 0.242 e. The molecule has 0 aromatic carbocycles. The van der Waals surface area contributed by atoms with Crippen molar-refractivity contribution in [3.8, 4) is 0 Å². The third kappa shape index (κ3) is 3.27. The largest absolute Gasteiger partial charge is 0.243 e. The van der Waals surface area contributed by atoms with E-state index in [1.165, 1.54) is 44.0 Å². The van der Waals surface area contributed by atoms with Gasteiger partial charge in [0.15, 0.2) is 0 Å². The van der Waals surface area contributed by atoms with E-state index in [2.05, 4.69) is 9.71 Å². The Morgan fingerprint density at radius 1 is 1.26 bits per heavy atom. The van der Waals surface area contributed by atoms with Crippen molar-refractivity contribution in [2.75, 3.05) is 6.54 Å². The third-order valence-electron chi connectivity index (χ3n) is 3.97. The lowest BCUT2D eigenvalue weighted by atomic mass is 9.99. The Hall–Kier alpha value is -0.650. The first-order valence-electron chi connectivity index (χ1n) is 6.67. The third-order valence-corrected chi connectivity index (χ3v) is 5.61. The lowest BCUT2D eigenvalue weighted by molar-refractivity contribution is 0.401. The molecule has 4 nitrogen and oxygen atoms in total. The molecule has 2 fully saturated rings. The van der Waals surface area contributed by atoms with E-state index in [0.29, 0.717) is 17.6 Å². The van der Waals surface area contributed by atoms with Crippen LogP contribution in [0.5, 0.6) is 0 Å². The van der Waals surface area contributed by atoms with Crippen molar-refractivity contribution in [2.24, 2.45) is 17.8 Å². The van der Waals surface area contributed by atoms with E-state index in [-0.39, 0.29) is 4.90 Å². The van der Waals surface area contributed by atoms with Gasteiger partial charge < -0.3 is 0 Å². The van der Waals surface area contributed by atoms with Crippen molar-refractivity contribution in [3.63, 3.8) is 0 Å². The van der Waals surface area contributed by atoms with Gasteiger partial charge >= 0.3 is 0 Å². The van der Waals surface area contributed by atoms with Gasteiger partial charge in [-0.3, -0.25) is 0 Å². The molecule has 0 aliphatic heterocycles. The van der Waals surface area contributed by atoms with Gasteiger partial charge in [0.25, 0.3) is 0 Å². The molecule has 6 heteroatoms. The van der Waals surface area contributed by atoms with Crippen LogP contribution in [0.4, 0.5) is 0 Å². The van der Waals surface area contributed by atoms with E-state index in [1.54, 1.807) is 0 Å². The quantitative estimate of drug-likeness (QED) is 0.821. The molecule has 3 rings (SSSR count). The number of nitrogens with zero attached hydrogens (tertiary/aromatic N) is 1. The molecule has 1 aromatic rings. The topological polar surface area (TPSA) is 59.1 Å². The van der Waals surface area contributed by atoms with Crippen molar-refractivity contribution >= 4 is 21.6 Å². The van der Waals surface area contributed by atoms with Gasteiger partial charge in [0, 0.05) is 12.7 Å². The summed E-state index contributed by atoms with van der Waals surface area (Å²) in [6, 6.07) is 2.98. The van der Waals surface area contributed by atoms with Crippen LogP contribution in [0.25, 0.3) is 0 Å². The van der Waals surface area contributed by atoms with Crippen LogP contribution in [0.1, 0.15) is 25.7 Å². The zero-order chi connectivity index (χ0) is 13.5. The van der Waals surface area contributed by atoms with Crippen LogP contribution in [-0.2, 0) is 10.0 Å². The van der Waals surface area contributed by atoms with Crippen molar-refractivity contribution in [1.29, 1.82) is 0 Å². The summed E-state index contributed by atoms with van der Waals surface area (Å²) < 4.78 is 27.0. The Labute approximate surface area is 118 Å². The number of hydrogen-bond acceptors (Lipinski definition) is 3. The summed E-state index contributed by atoms with van der Waals surface area (Å²) in [6.07, 6.45) is 6.32. The average Bonchev–Trinajstić information content (AvgIpc) is 3.24. The molecule has 1 heterocycles. The first-order chi connectivity index (χ1) is 9.06. The molecule has 0 radical (unpaired) electrons. The Morgan fingerprint density at radius 3 is 2.37 bits per heavy atom. The standard InChI is InChI=1S/C13H17ClN2O2S/c14-13-6-5-11(7-15-13)19(17,18)16-8-12(9-1-2-9)10-3-4-10/h5-7,9-10,12,16H,1-4,8H2. The van der Waals surface area contributed by atoms with Gasteiger partial charge in [-0.15, -0.1) is 0 Å². The molecule has 0 spiro atoms. The summed E-state index contributed by atoms with van der Waals surface area (Å²) in [5.41, 5.74) is 0. The van der Waals surface area contributed by atoms with Gasteiger partial charge in [-0.2, -0.15) is 0 Å². The Balaban J connectivity index is 1.65. The van der Waals surface area contributed by atoms with Crippen LogP contribution in [-0.4, -0.2) is 19.9 Å². The van der Waals surface area contributed by atoms with Crippen LogP contribution in [0.15, 0.2) is 23.2 Å². The second-order valence-corrected chi connectivity index (χ2v) is 7.66. The van der Waals surface area contributed by atoms with E-state index in [0.717, 1.165) is 11.8 Å². The lowest BCUT2D eigenvalue weighted by Crippen LogP contribution is -2.31. The van der Waals surface area contributed by atoms with Crippen molar-refractivity contribution < 1.29 is 8.42 Å². The van der Waals surface area contributed by atoms with Crippen LogP contribution in [0.2, 0.25) is 5.15 Å². The van der Waals surface area contributed by atoms with Gasteiger partial charge in [0.05, 0.1) is 0 Å². The molecule has 2 aliphatic rings. The fourth-order valence-corrected chi connectivity index (χ4v) is 3.71. The number of halogens is 1. The van der Waals surface area contributed by atoms with Crippen LogP contribution in [0, 0.1) is 17.8 Å². The second-order valence-electron chi connectivity index (χ2n) is 5.51. The zero-order valence-electron chi connectivity index (χ0n) is 10.5. The van der Waals surface area contributed by atoms with Crippen molar-refractivity contribution in [2.45, 2.75) is 30.6 Å². The van der Waals surface area contributed by atoms with Crippen molar-refractivity contribution in [1.82, 2.24) is 9.71 Å². The molecule has 0 amide bonds. The maximum absolute atomic E-state index is 12.1. The predicted octanol–water partition coefficient (Wildman–Crippen LogP) is 2.45. The second kappa shape index (κ2) is 5.04. The molecule has 19 heavy (non-hydrogen) atoms.